The van der Waals surface area contributed by atoms with Crippen molar-refractivity contribution in [1.82, 2.24) is 13.9 Å². The molecule has 0 bridgehead atoms. The number of benzene rings is 1. The average Bonchev–Trinajstić information content (AvgIpc) is 2.61. The fourth-order valence-electron chi connectivity index (χ4n) is 3.47. The second kappa shape index (κ2) is 10.3. The Bertz CT molecular complexity index is 586. The molecule has 2 rings (SSSR count). The standard InChI is InChI=1S/C19H33N3O2S/c1-3-12-22(13-4-2)25(23,24)20-15-19-11-8-14-21(17-19)16-18-9-6-5-7-10-18/h5-7,9-10,19-20H,3-4,8,11-17H2,1-2H3. The maximum absolute atomic E-state index is 12.5. The number of rotatable bonds is 10. The first-order valence-corrected chi connectivity index (χ1v) is 11.0. The number of nitrogens with zero attached hydrogens (tertiary/aromatic N) is 2. The predicted molar refractivity (Wildman–Crippen MR) is 104 cm³/mol. The van der Waals surface area contributed by atoms with Gasteiger partial charge in [0, 0.05) is 32.7 Å². The van der Waals surface area contributed by atoms with Crippen molar-refractivity contribution in [2.24, 2.45) is 5.92 Å². The van der Waals surface area contributed by atoms with Crippen molar-refractivity contribution in [3.63, 3.8) is 0 Å². The molecule has 1 fully saturated rings. The quantitative estimate of drug-likeness (QED) is 0.692. The van der Waals surface area contributed by atoms with Crippen LogP contribution in [0.5, 0.6) is 0 Å². The zero-order valence-electron chi connectivity index (χ0n) is 15.7. The molecule has 5 nitrogen and oxygen atoms in total. The minimum Gasteiger partial charge on any atom is -0.299 e. The summed E-state index contributed by atoms with van der Waals surface area (Å²) in [5, 5.41) is 0. The third-order valence-corrected chi connectivity index (χ3v) is 6.27. The maximum Gasteiger partial charge on any atom is 0.279 e. The van der Waals surface area contributed by atoms with Gasteiger partial charge in [-0.25, -0.2) is 4.72 Å². The Morgan fingerprint density at radius 3 is 2.48 bits per heavy atom. The molecule has 0 amide bonds. The first-order valence-electron chi connectivity index (χ1n) is 9.56. The molecule has 1 heterocycles. The molecule has 1 N–H and O–H groups in total. The summed E-state index contributed by atoms with van der Waals surface area (Å²) >= 11 is 0. The van der Waals surface area contributed by atoms with Crippen LogP contribution in [0.2, 0.25) is 0 Å². The molecular formula is C19H33N3O2S. The first-order chi connectivity index (χ1) is 12.0. The molecule has 142 valence electrons. The molecule has 1 aromatic rings. The summed E-state index contributed by atoms with van der Waals surface area (Å²) in [4.78, 5) is 2.44. The Hall–Kier alpha value is -0.950. The van der Waals surface area contributed by atoms with Crippen molar-refractivity contribution in [1.29, 1.82) is 0 Å². The van der Waals surface area contributed by atoms with E-state index in [9.17, 15) is 8.42 Å². The first kappa shape index (κ1) is 20.4. The third kappa shape index (κ3) is 6.70. The SMILES string of the molecule is CCCN(CCC)S(=O)(=O)NCC1CCCN(Cc2ccccc2)C1. The van der Waals surface area contributed by atoms with Crippen molar-refractivity contribution >= 4 is 10.2 Å². The van der Waals surface area contributed by atoms with Gasteiger partial charge in [-0.1, -0.05) is 44.2 Å². The Labute approximate surface area is 153 Å². The van der Waals surface area contributed by atoms with Crippen LogP contribution in [0.25, 0.3) is 0 Å². The molecular weight excluding hydrogens is 334 g/mol. The largest absolute Gasteiger partial charge is 0.299 e. The van der Waals surface area contributed by atoms with Gasteiger partial charge in [0.1, 0.15) is 0 Å². The molecule has 1 atom stereocenters. The van der Waals surface area contributed by atoms with Crippen LogP contribution in [0.4, 0.5) is 0 Å². The highest BCUT2D eigenvalue weighted by atomic mass is 32.2. The van der Waals surface area contributed by atoms with Crippen molar-refractivity contribution < 1.29 is 8.42 Å². The van der Waals surface area contributed by atoms with Gasteiger partial charge in [-0.3, -0.25) is 4.90 Å². The van der Waals surface area contributed by atoms with Crippen LogP contribution in [-0.4, -0.2) is 50.3 Å². The minimum absolute atomic E-state index is 0.386. The smallest absolute Gasteiger partial charge is 0.279 e. The van der Waals surface area contributed by atoms with Crippen LogP contribution in [0.1, 0.15) is 45.1 Å². The molecule has 1 aromatic carbocycles. The zero-order chi connectivity index (χ0) is 18.1. The Kier molecular flexibility index (Phi) is 8.36. The summed E-state index contributed by atoms with van der Waals surface area (Å²) in [7, 11) is -3.36. The average molecular weight is 368 g/mol. The Balaban J connectivity index is 1.85. The summed E-state index contributed by atoms with van der Waals surface area (Å²) in [6.07, 6.45) is 3.91. The van der Waals surface area contributed by atoms with Gasteiger partial charge in [0.05, 0.1) is 0 Å². The summed E-state index contributed by atoms with van der Waals surface area (Å²) in [6, 6.07) is 10.5. The topological polar surface area (TPSA) is 52.7 Å². The second-order valence-electron chi connectivity index (χ2n) is 6.98. The predicted octanol–water partition coefficient (Wildman–Crippen LogP) is 2.86. The fourth-order valence-corrected chi connectivity index (χ4v) is 4.94. The highest BCUT2D eigenvalue weighted by molar-refractivity contribution is 7.87. The van der Waals surface area contributed by atoms with E-state index in [1.165, 1.54) is 5.56 Å². The summed E-state index contributed by atoms with van der Waals surface area (Å²) in [6.45, 7) is 8.75. The van der Waals surface area contributed by atoms with Crippen LogP contribution in [-0.2, 0) is 16.8 Å². The van der Waals surface area contributed by atoms with E-state index in [1.54, 1.807) is 4.31 Å². The lowest BCUT2D eigenvalue weighted by atomic mass is 9.98. The Morgan fingerprint density at radius 1 is 1.16 bits per heavy atom. The van der Waals surface area contributed by atoms with E-state index in [1.807, 2.05) is 19.9 Å². The zero-order valence-corrected chi connectivity index (χ0v) is 16.5. The number of piperidine rings is 1. The van der Waals surface area contributed by atoms with Crippen molar-refractivity contribution in [3.05, 3.63) is 35.9 Å². The molecule has 1 saturated heterocycles. The summed E-state index contributed by atoms with van der Waals surface area (Å²) < 4.78 is 29.5. The van der Waals surface area contributed by atoms with Crippen molar-refractivity contribution in [2.45, 2.75) is 46.1 Å². The highest BCUT2D eigenvalue weighted by Gasteiger charge is 2.24. The van der Waals surface area contributed by atoms with Crippen LogP contribution in [0, 0.1) is 5.92 Å². The molecule has 0 aromatic heterocycles. The molecule has 0 spiro atoms. The molecule has 0 radical (unpaired) electrons. The monoisotopic (exact) mass is 367 g/mol. The lowest BCUT2D eigenvalue weighted by Crippen LogP contribution is -2.46. The van der Waals surface area contributed by atoms with Crippen LogP contribution in [0.3, 0.4) is 0 Å². The summed E-state index contributed by atoms with van der Waals surface area (Å²) in [5.41, 5.74) is 1.32. The van der Waals surface area contributed by atoms with Crippen LogP contribution in [0.15, 0.2) is 30.3 Å². The maximum atomic E-state index is 12.5. The highest BCUT2D eigenvalue weighted by Crippen LogP contribution is 2.18. The minimum atomic E-state index is -3.36. The van der Waals surface area contributed by atoms with E-state index < -0.39 is 10.2 Å². The van der Waals surface area contributed by atoms with Crippen molar-refractivity contribution in [2.75, 3.05) is 32.7 Å². The number of hydrogen-bond acceptors (Lipinski definition) is 3. The van der Waals surface area contributed by atoms with Gasteiger partial charge in [0.15, 0.2) is 0 Å². The van der Waals surface area contributed by atoms with Gasteiger partial charge in [0.2, 0.25) is 0 Å². The molecule has 0 aliphatic carbocycles. The van der Waals surface area contributed by atoms with E-state index >= 15 is 0 Å². The molecule has 6 heteroatoms. The number of nitrogens with one attached hydrogen (secondary N) is 1. The van der Waals surface area contributed by atoms with Gasteiger partial charge < -0.3 is 0 Å². The number of hydrogen-bond donors (Lipinski definition) is 1. The Morgan fingerprint density at radius 2 is 1.84 bits per heavy atom. The van der Waals surface area contributed by atoms with Gasteiger partial charge in [-0.05, 0) is 43.7 Å². The molecule has 25 heavy (non-hydrogen) atoms. The third-order valence-electron chi connectivity index (χ3n) is 4.69. The molecule has 1 unspecified atom stereocenters. The lowest BCUT2D eigenvalue weighted by Gasteiger charge is -2.33. The van der Waals surface area contributed by atoms with Gasteiger partial charge >= 0.3 is 0 Å². The van der Waals surface area contributed by atoms with Gasteiger partial charge in [0.25, 0.3) is 10.2 Å². The number of likely N-dealkylation sites (tertiary alicyclic amines) is 1. The van der Waals surface area contributed by atoms with Gasteiger partial charge in [-0.2, -0.15) is 12.7 Å². The van der Waals surface area contributed by atoms with E-state index in [4.69, 9.17) is 0 Å². The molecule has 0 saturated carbocycles. The van der Waals surface area contributed by atoms with E-state index in [2.05, 4.69) is 33.9 Å². The van der Waals surface area contributed by atoms with Crippen LogP contribution < -0.4 is 4.72 Å². The fraction of sp³-hybridized carbons (Fsp3) is 0.684. The van der Waals surface area contributed by atoms with E-state index in [0.29, 0.717) is 25.6 Å². The summed E-state index contributed by atoms with van der Waals surface area (Å²) in [5.74, 6) is 0.386. The molecule has 1 aliphatic rings. The normalized spacial score (nSPS) is 19.4. The second-order valence-corrected chi connectivity index (χ2v) is 8.74. The van der Waals surface area contributed by atoms with Gasteiger partial charge in [-0.15, -0.1) is 0 Å². The van der Waals surface area contributed by atoms with Crippen molar-refractivity contribution in [3.8, 4) is 0 Å². The van der Waals surface area contributed by atoms with E-state index in [-0.39, 0.29) is 0 Å². The molecule has 1 aliphatic heterocycles. The van der Waals surface area contributed by atoms with E-state index in [0.717, 1.165) is 45.3 Å². The lowest BCUT2D eigenvalue weighted by molar-refractivity contribution is 0.168. The van der Waals surface area contributed by atoms with Crippen LogP contribution >= 0.6 is 0 Å².